The van der Waals surface area contributed by atoms with Crippen LogP contribution in [0.4, 0.5) is 11.5 Å². The zero-order valence-corrected chi connectivity index (χ0v) is 17.5. The summed E-state index contributed by atoms with van der Waals surface area (Å²) in [4.78, 5) is 28.3. The van der Waals surface area contributed by atoms with Crippen LogP contribution in [0.5, 0.6) is 5.75 Å². The van der Waals surface area contributed by atoms with Gasteiger partial charge in [-0.1, -0.05) is 24.3 Å². The van der Waals surface area contributed by atoms with Gasteiger partial charge in [0.15, 0.2) is 5.82 Å². The Balaban J connectivity index is 1.37. The maximum Gasteiger partial charge on any atom is 0.238 e. The van der Waals surface area contributed by atoms with Crippen LogP contribution in [-0.2, 0) is 17.8 Å². The van der Waals surface area contributed by atoms with Crippen molar-refractivity contribution < 1.29 is 9.90 Å². The Kier molecular flexibility index (Phi) is 5.13. The third-order valence-electron chi connectivity index (χ3n) is 5.97. The fourth-order valence-electron chi connectivity index (χ4n) is 4.10. The van der Waals surface area contributed by atoms with E-state index in [4.69, 9.17) is 4.98 Å². The number of aromatic hydroxyl groups is 1. The topological polar surface area (TPSA) is 72.8 Å². The van der Waals surface area contributed by atoms with Gasteiger partial charge in [-0.15, -0.1) is 0 Å². The molecule has 3 heterocycles. The molecule has 1 aromatic heterocycles. The van der Waals surface area contributed by atoms with E-state index in [9.17, 15) is 9.90 Å². The first-order valence-corrected chi connectivity index (χ1v) is 10.5. The quantitative estimate of drug-likeness (QED) is 0.707. The number of carbonyl (C=O) groups is 1. The SMILES string of the molecule is CN1CCN(Cc2ccc(-c3cnc4c(n3)N(c3ccc(O)cc3)C(=O)C4)cc2)CC1. The number of hydrogen-bond donors (Lipinski definition) is 1. The first-order valence-electron chi connectivity index (χ1n) is 10.5. The summed E-state index contributed by atoms with van der Waals surface area (Å²) in [5, 5.41) is 9.55. The molecule has 3 aromatic rings. The van der Waals surface area contributed by atoms with Crippen molar-refractivity contribution in [2.24, 2.45) is 0 Å². The van der Waals surface area contributed by atoms with Crippen LogP contribution in [0.25, 0.3) is 11.3 Å². The van der Waals surface area contributed by atoms with E-state index in [0.29, 0.717) is 17.2 Å². The fourth-order valence-corrected chi connectivity index (χ4v) is 4.10. The van der Waals surface area contributed by atoms with E-state index in [0.717, 1.165) is 44.0 Å². The summed E-state index contributed by atoms with van der Waals surface area (Å²) in [5.41, 5.74) is 4.35. The van der Waals surface area contributed by atoms with Crippen LogP contribution in [-0.4, -0.2) is 64.0 Å². The number of fused-ring (bicyclic) bond motifs is 1. The normalized spacial score (nSPS) is 17.2. The van der Waals surface area contributed by atoms with Gasteiger partial charge in [0.05, 0.1) is 29.7 Å². The van der Waals surface area contributed by atoms with Gasteiger partial charge in [0.2, 0.25) is 5.91 Å². The molecule has 5 rings (SSSR count). The molecule has 7 heteroatoms. The largest absolute Gasteiger partial charge is 0.508 e. The molecule has 158 valence electrons. The molecule has 2 aliphatic rings. The van der Waals surface area contributed by atoms with Crippen molar-refractivity contribution in [1.29, 1.82) is 0 Å². The molecular weight excluding hydrogens is 390 g/mol. The van der Waals surface area contributed by atoms with E-state index in [1.54, 1.807) is 35.4 Å². The minimum absolute atomic E-state index is 0.0691. The van der Waals surface area contributed by atoms with Crippen molar-refractivity contribution >= 4 is 17.4 Å². The minimum Gasteiger partial charge on any atom is -0.508 e. The Morgan fingerprint density at radius 3 is 2.39 bits per heavy atom. The van der Waals surface area contributed by atoms with Gasteiger partial charge < -0.3 is 10.0 Å². The molecule has 0 unspecified atom stereocenters. The van der Waals surface area contributed by atoms with E-state index >= 15 is 0 Å². The number of nitrogens with zero attached hydrogens (tertiary/aromatic N) is 5. The first kappa shape index (κ1) is 19.7. The van der Waals surface area contributed by atoms with Crippen molar-refractivity contribution in [3.05, 3.63) is 66.0 Å². The van der Waals surface area contributed by atoms with Crippen LogP contribution < -0.4 is 4.90 Å². The Labute approximate surface area is 181 Å². The molecule has 31 heavy (non-hydrogen) atoms. The van der Waals surface area contributed by atoms with Gasteiger partial charge in [0.25, 0.3) is 0 Å². The first-order chi connectivity index (χ1) is 15.1. The number of hydrogen-bond acceptors (Lipinski definition) is 6. The average molecular weight is 415 g/mol. The van der Waals surface area contributed by atoms with Crippen LogP contribution >= 0.6 is 0 Å². The highest BCUT2D eigenvalue weighted by Gasteiger charge is 2.31. The highest BCUT2D eigenvalue weighted by Crippen LogP contribution is 2.34. The third kappa shape index (κ3) is 4.02. The third-order valence-corrected chi connectivity index (χ3v) is 5.97. The van der Waals surface area contributed by atoms with Crippen molar-refractivity contribution in [3.63, 3.8) is 0 Å². The Morgan fingerprint density at radius 1 is 0.968 bits per heavy atom. The van der Waals surface area contributed by atoms with E-state index in [1.807, 2.05) is 0 Å². The maximum atomic E-state index is 12.6. The molecule has 0 bridgehead atoms. The minimum atomic E-state index is -0.0691. The predicted molar refractivity (Wildman–Crippen MR) is 119 cm³/mol. The molecule has 0 saturated carbocycles. The monoisotopic (exact) mass is 415 g/mol. The van der Waals surface area contributed by atoms with Gasteiger partial charge in [-0.05, 0) is 36.9 Å². The van der Waals surface area contributed by atoms with Gasteiger partial charge in [0, 0.05) is 38.3 Å². The zero-order valence-electron chi connectivity index (χ0n) is 17.5. The lowest BCUT2D eigenvalue weighted by Gasteiger charge is -2.32. The number of piperazine rings is 1. The van der Waals surface area contributed by atoms with Crippen LogP contribution in [0.2, 0.25) is 0 Å². The van der Waals surface area contributed by atoms with E-state index in [2.05, 4.69) is 46.1 Å². The maximum absolute atomic E-state index is 12.6. The van der Waals surface area contributed by atoms with Gasteiger partial charge >= 0.3 is 0 Å². The molecule has 0 spiro atoms. The fraction of sp³-hybridized carbons (Fsp3) is 0.292. The molecule has 2 aliphatic heterocycles. The summed E-state index contributed by atoms with van der Waals surface area (Å²) < 4.78 is 0. The highest BCUT2D eigenvalue weighted by molar-refractivity contribution is 6.05. The van der Waals surface area contributed by atoms with Gasteiger partial charge in [-0.25, -0.2) is 4.98 Å². The molecule has 0 atom stereocenters. The Hall–Kier alpha value is -3.29. The van der Waals surface area contributed by atoms with Crippen LogP contribution in [0, 0.1) is 0 Å². The lowest BCUT2D eigenvalue weighted by molar-refractivity contribution is -0.116. The van der Waals surface area contributed by atoms with E-state index in [-0.39, 0.29) is 18.1 Å². The lowest BCUT2D eigenvalue weighted by atomic mass is 10.1. The molecule has 2 aromatic carbocycles. The van der Waals surface area contributed by atoms with Crippen molar-refractivity contribution in [2.75, 3.05) is 38.1 Å². The highest BCUT2D eigenvalue weighted by atomic mass is 16.3. The summed E-state index contributed by atoms with van der Waals surface area (Å²) in [5.74, 6) is 0.655. The number of phenolic OH excluding ortho intramolecular Hbond substituents is 1. The smallest absolute Gasteiger partial charge is 0.238 e. The second-order valence-electron chi connectivity index (χ2n) is 8.22. The Morgan fingerprint density at radius 2 is 1.68 bits per heavy atom. The van der Waals surface area contributed by atoms with Crippen LogP contribution in [0.15, 0.2) is 54.7 Å². The van der Waals surface area contributed by atoms with Crippen molar-refractivity contribution in [1.82, 2.24) is 19.8 Å². The zero-order chi connectivity index (χ0) is 21.4. The molecule has 1 amide bonds. The van der Waals surface area contributed by atoms with Gasteiger partial charge in [-0.3, -0.25) is 19.6 Å². The number of carbonyl (C=O) groups excluding carboxylic acids is 1. The molecule has 7 nitrogen and oxygen atoms in total. The summed E-state index contributed by atoms with van der Waals surface area (Å²) >= 11 is 0. The van der Waals surface area contributed by atoms with E-state index in [1.165, 1.54) is 5.56 Å². The van der Waals surface area contributed by atoms with E-state index < -0.39 is 0 Å². The van der Waals surface area contributed by atoms with Gasteiger partial charge in [-0.2, -0.15) is 0 Å². The van der Waals surface area contributed by atoms with Crippen molar-refractivity contribution in [2.45, 2.75) is 13.0 Å². The molecular formula is C24H25N5O2. The number of benzene rings is 2. The molecule has 1 saturated heterocycles. The number of phenols is 1. The van der Waals surface area contributed by atoms with Crippen molar-refractivity contribution in [3.8, 4) is 17.0 Å². The van der Waals surface area contributed by atoms with Crippen LogP contribution in [0.3, 0.4) is 0 Å². The Bertz CT molecular complexity index is 1090. The molecule has 1 N–H and O–H groups in total. The summed E-state index contributed by atoms with van der Waals surface area (Å²) in [7, 11) is 2.17. The summed E-state index contributed by atoms with van der Waals surface area (Å²) in [6.07, 6.45) is 1.97. The average Bonchev–Trinajstić information content (AvgIpc) is 3.11. The summed E-state index contributed by atoms with van der Waals surface area (Å²) in [6.45, 7) is 5.36. The summed E-state index contributed by atoms with van der Waals surface area (Å²) in [6, 6.07) is 15.0. The molecule has 0 aliphatic carbocycles. The lowest BCUT2D eigenvalue weighted by Crippen LogP contribution is -2.43. The number of aromatic nitrogens is 2. The van der Waals surface area contributed by atoms with Crippen LogP contribution in [0.1, 0.15) is 11.3 Å². The second-order valence-corrected chi connectivity index (χ2v) is 8.22. The number of rotatable bonds is 4. The number of amides is 1. The number of anilines is 2. The predicted octanol–water partition coefficient (Wildman–Crippen LogP) is 2.82. The number of likely N-dealkylation sites (N-methyl/N-ethyl adjacent to an activating group) is 1. The second kappa shape index (κ2) is 8.09. The van der Waals surface area contributed by atoms with Gasteiger partial charge in [0.1, 0.15) is 5.75 Å². The molecule has 0 radical (unpaired) electrons. The molecule has 1 fully saturated rings. The standard InChI is InChI=1S/C24H25N5O2/c1-27-10-12-28(13-11-27)16-17-2-4-18(5-3-17)22-15-25-21-14-23(31)29(24(21)26-22)19-6-8-20(30)9-7-19/h2-9,15,30H,10-14,16H2,1H3.